The fraction of sp³-hybridized carbons (Fsp3) is 0.143. The average molecular weight is 289 g/mol. The molecule has 0 unspecified atom stereocenters. The molecule has 6 heteroatoms. The van der Waals surface area contributed by atoms with E-state index in [0.717, 1.165) is 0 Å². The van der Waals surface area contributed by atoms with E-state index in [4.69, 9.17) is 4.74 Å². The number of hydrogen-bond acceptors (Lipinski definition) is 5. The first-order valence-electron chi connectivity index (χ1n) is 5.92. The Morgan fingerprint density at radius 2 is 2.00 bits per heavy atom. The second kappa shape index (κ2) is 6.81. The molecule has 0 saturated heterocycles. The predicted octanol–water partition coefficient (Wildman–Crippen LogP) is 1.30. The van der Waals surface area contributed by atoms with E-state index < -0.39 is 5.97 Å². The third kappa shape index (κ3) is 3.64. The van der Waals surface area contributed by atoms with Crippen LogP contribution >= 0.6 is 12.6 Å². The zero-order valence-corrected chi connectivity index (χ0v) is 11.5. The van der Waals surface area contributed by atoms with Crippen LogP contribution in [0.4, 0.5) is 0 Å². The molecule has 0 atom stereocenters. The minimum Gasteiger partial charge on any atom is -0.450 e. The molecule has 0 aliphatic carbocycles. The minimum atomic E-state index is -0.568. The smallest absolute Gasteiger partial charge is 0.364 e. The number of carbonyl (C=O) groups excluding carboxylic acids is 2. The Hall–Kier alpha value is -2.21. The second-order valence-corrected chi connectivity index (χ2v) is 4.22. The van der Waals surface area contributed by atoms with Crippen molar-refractivity contribution in [2.45, 2.75) is 6.54 Å². The van der Waals surface area contributed by atoms with Gasteiger partial charge in [-0.15, -0.1) is 12.6 Å². The van der Waals surface area contributed by atoms with Crippen molar-refractivity contribution in [2.24, 2.45) is 0 Å². The monoisotopic (exact) mass is 289 g/mol. The summed E-state index contributed by atoms with van der Waals surface area (Å²) in [5.74, 6) is -0.630. The number of nitrogens with zero attached hydrogens (tertiary/aromatic N) is 2. The largest absolute Gasteiger partial charge is 0.450 e. The number of hydrogen-bond donors (Lipinski definition) is 1. The van der Waals surface area contributed by atoms with E-state index in [9.17, 15) is 9.59 Å². The molecule has 0 radical (unpaired) electrons. The topological polar surface area (TPSA) is 60.1 Å². The first-order valence-corrected chi connectivity index (χ1v) is 6.55. The van der Waals surface area contributed by atoms with Gasteiger partial charge in [-0.2, -0.15) is 4.57 Å². The van der Waals surface area contributed by atoms with Crippen molar-refractivity contribution in [3.8, 4) is 0 Å². The minimum absolute atomic E-state index is 0.0155. The summed E-state index contributed by atoms with van der Waals surface area (Å²) in [4.78, 5) is 27.5. The summed E-state index contributed by atoms with van der Waals surface area (Å²) in [6, 6.07) is 8.96. The molecule has 0 aliphatic rings. The zero-order chi connectivity index (χ0) is 14.4. The normalized spacial score (nSPS) is 10.1. The van der Waals surface area contributed by atoms with Crippen molar-refractivity contribution in [1.82, 2.24) is 4.98 Å². The summed E-state index contributed by atoms with van der Waals surface area (Å²) in [5, 5.41) is 0. The van der Waals surface area contributed by atoms with Crippen molar-refractivity contribution in [1.29, 1.82) is 0 Å². The van der Waals surface area contributed by atoms with Crippen molar-refractivity contribution < 1.29 is 18.9 Å². The van der Waals surface area contributed by atoms with Crippen molar-refractivity contribution >= 4 is 24.4 Å². The number of carbonyl (C=O) groups is 2. The van der Waals surface area contributed by atoms with Crippen LogP contribution in [0.5, 0.6) is 0 Å². The standard InChI is InChI=1S/C14H12N2O3S/c17-13(11-4-2-1-3-5-11)9-16-7-6-15-12(8-16)14(18)19-10-20/h1-8H,9-10H2/p+1. The van der Waals surface area contributed by atoms with Gasteiger partial charge in [0, 0.05) is 5.56 Å². The number of ketones is 1. The van der Waals surface area contributed by atoms with Crippen LogP contribution in [0.2, 0.25) is 0 Å². The SMILES string of the molecule is O=C(C[n+]1ccnc(C(=O)OCS)c1)c1ccccc1. The van der Waals surface area contributed by atoms with E-state index in [2.05, 4.69) is 17.6 Å². The van der Waals surface area contributed by atoms with Crippen molar-refractivity contribution in [3.05, 3.63) is 60.2 Å². The maximum atomic E-state index is 12.1. The number of aromatic nitrogens is 2. The van der Waals surface area contributed by atoms with Crippen LogP contribution in [0.1, 0.15) is 20.8 Å². The molecule has 20 heavy (non-hydrogen) atoms. The van der Waals surface area contributed by atoms with Gasteiger partial charge in [-0.1, -0.05) is 30.3 Å². The lowest BCUT2D eigenvalue weighted by molar-refractivity contribution is -0.683. The van der Waals surface area contributed by atoms with Crippen LogP contribution in [0.3, 0.4) is 0 Å². The summed E-state index contributed by atoms with van der Waals surface area (Å²) < 4.78 is 6.33. The summed E-state index contributed by atoms with van der Waals surface area (Å²) in [5.41, 5.74) is 0.763. The number of esters is 1. The number of Topliss-reactive ketones (excluding diaryl/α,β-unsaturated/α-hetero) is 1. The predicted molar refractivity (Wildman–Crippen MR) is 74.5 cm³/mol. The van der Waals surface area contributed by atoms with Crippen LogP contribution in [-0.2, 0) is 11.3 Å². The molecule has 0 amide bonds. The zero-order valence-electron chi connectivity index (χ0n) is 10.6. The summed E-state index contributed by atoms with van der Waals surface area (Å²) >= 11 is 3.81. The van der Waals surface area contributed by atoms with E-state index in [0.29, 0.717) is 5.56 Å². The molecule has 0 fully saturated rings. The van der Waals surface area contributed by atoms with Gasteiger partial charge in [0.25, 0.3) is 0 Å². The van der Waals surface area contributed by atoms with E-state index in [1.54, 1.807) is 35.0 Å². The molecule has 0 N–H and O–H groups in total. The van der Waals surface area contributed by atoms with Crippen LogP contribution in [0, 0.1) is 0 Å². The molecular weight excluding hydrogens is 276 g/mol. The summed E-state index contributed by atoms with van der Waals surface area (Å²) in [6.07, 6.45) is 4.55. The van der Waals surface area contributed by atoms with Gasteiger partial charge in [0.2, 0.25) is 24.2 Å². The highest BCUT2D eigenvalue weighted by atomic mass is 32.1. The van der Waals surface area contributed by atoms with Crippen LogP contribution < -0.4 is 4.57 Å². The highest BCUT2D eigenvalue weighted by Gasteiger charge is 2.16. The highest BCUT2D eigenvalue weighted by Crippen LogP contribution is 2.00. The van der Waals surface area contributed by atoms with Gasteiger partial charge in [0.1, 0.15) is 5.94 Å². The van der Waals surface area contributed by atoms with Gasteiger partial charge in [-0.25, -0.2) is 9.78 Å². The lowest BCUT2D eigenvalue weighted by Gasteiger charge is -2.00. The van der Waals surface area contributed by atoms with E-state index in [1.807, 2.05) is 6.07 Å². The first kappa shape index (κ1) is 14.2. The number of benzene rings is 1. The summed E-state index contributed by atoms with van der Waals surface area (Å²) in [6.45, 7) is 0.133. The Kier molecular flexibility index (Phi) is 4.84. The third-order valence-corrected chi connectivity index (χ3v) is 2.72. The molecule has 5 nitrogen and oxygen atoms in total. The maximum Gasteiger partial charge on any atom is 0.364 e. The van der Waals surface area contributed by atoms with E-state index >= 15 is 0 Å². The van der Waals surface area contributed by atoms with Gasteiger partial charge in [-0.05, 0) is 0 Å². The van der Waals surface area contributed by atoms with Gasteiger partial charge in [0.05, 0.1) is 6.20 Å². The number of ether oxygens (including phenoxy) is 1. The van der Waals surface area contributed by atoms with Gasteiger partial charge in [-0.3, -0.25) is 4.79 Å². The van der Waals surface area contributed by atoms with Gasteiger partial charge >= 0.3 is 5.97 Å². The molecule has 1 aromatic heterocycles. The van der Waals surface area contributed by atoms with Crippen LogP contribution in [0.15, 0.2) is 48.9 Å². The molecule has 2 rings (SSSR count). The van der Waals surface area contributed by atoms with E-state index in [1.165, 1.54) is 12.4 Å². The van der Waals surface area contributed by atoms with Crippen molar-refractivity contribution in [3.63, 3.8) is 0 Å². The van der Waals surface area contributed by atoms with E-state index in [-0.39, 0.29) is 24.0 Å². The van der Waals surface area contributed by atoms with Crippen LogP contribution in [0.25, 0.3) is 0 Å². The molecule has 1 heterocycles. The molecule has 0 aliphatic heterocycles. The third-order valence-electron chi connectivity index (χ3n) is 2.59. The molecule has 2 aromatic rings. The molecule has 0 saturated carbocycles. The highest BCUT2D eigenvalue weighted by molar-refractivity contribution is 7.80. The molecule has 0 spiro atoms. The summed E-state index contributed by atoms with van der Waals surface area (Å²) in [7, 11) is 0. The Labute approximate surface area is 121 Å². The molecule has 102 valence electrons. The van der Waals surface area contributed by atoms with Crippen molar-refractivity contribution in [2.75, 3.05) is 5.94 Å². The van der Waals surface area contributed by atoms with Gasteiger partial charge < -0.3 is 4.74 Å². The Bertz CT molecular complexity index is 617. The second-order valence-electron chi connectivity index (χ2n) is 3.96. The van der Waals surface area contributed by atoms with Crippen LogP contribution in [-0.4, -0.2) is 22.7 Å². The quantitative estimate of drug-likeness (QED) is 0.296. The molecule has 1 aromatic carbocycles. The average Bonchev–Trinajstić information content (AvgIpc) is 2.48. The Morgan fingerprint density at radius 1 is 1.25 bits per heavy atom. The number of rotatable bonds is 5. The lowest BCUT2D eigenvalue weighted by Crippen LogP contribution is -2.38. The maximum absolute atomic E-state index is 12.1. The first-order chi connectivity index (χ1) is 9.70. The molecule has 0 bridgehead atoms. The Morgan fingerprint density at radius 3 is 2.70 bits per heavy atom. The van der Waals surface area contributed by atoms with Gasteiger partial charge in [0.15, 0.2) is 6.20 Å². The fourth-order valence-electron chi connectivity index (χ4n) is 1.65. The molecular formula is C14H13N2O3S+. The number of thiol groups is 1. The fourth-order valence-corrected chi connectivity index (χ4v) is 1.77. The lowest BCUT2D eigenvalue weighted by atomic mass is 10.1. The Balaban J connectivity index is 2.12.